The molecule has 0 saturated carbocycles. The molecular formula is C18H21ClN2O3. The van der Waals surface area contributed by atoms with Gasteiger partial charge in [-0.15, -0.1) is 0 Å². The van der Waals surface area contributed by atoms with E-state index in [4.69, 9.17) is 21.1 Å². The zero-order valence-corrected chi connectivity index (χ0v) is 14.5. The van der Waals surface area contributed by atoms with Gasteiger partial charge in [0.05, 0.1) is 13.7 Å². The van der Waals surface area contributed by atoms with Crippen LogP contribution in [-0.4, -0.2) is 38.2 Å². The van der Waals surface area contributed by atoms with E-state index < -0.39 is 0 Å². The second-order valence-corrected chi connectivity index (χ2v) is 5.67. The zero-order chi connectivity index (χ0) is 17.4. The summed E-state index contributed by atoms with van der Waals surface area (Å²) in [5.41, 5.74) is 1.01. The summed E-state index contributed by atoms with van der Waals surface area (Å²) < 4.78 is 10.7. The van der Waals surface area contributed by atoms with Gasteiger partial charge in [0, 0.05) is 18.6 Å². The van der Waals surface area contributed by atoms with Crippen molar-refractivity contribution in [3.8, 4) is 11.5 Å². The summed E-state index contributed by atoms with van der Waals surface area (Å²) in [6.45, 7) is 1.36. The number of benzene rings is 2. The molecule has 24 heavy (non-hydrogen) atoms. The first-order chi connectivity index (χ1) is 11.6. The monoisotopic (exact) mass is 348 g/mol. The number of rotatable bonds is 7. The molecule has 2 aromatic rings. The number of urea groups is 1. The maximum absolute atomic E-state index is 12.0. The minimum Gasteiger partial charge on any atom is -0.497 e. The van der Waals surface area contributed by atoms with Gasteiger partial charge in [0.25, 0.3) is 0 Å². The number of amides is 2. The highest BCUT2D eigenvalue weighted by molar-refractivity contribution is 6.30. The largest absolute Gasteiger partial charge is 0.497 e. The highest BCUT2D eigenvalue weighted by Crippen LogP contribution is 2.15. The topological polar surface area (TPSA) is 50.8 Å². The Hall–Kier alpha value is -2.40. The van der Waals surface area contributed by atoms with Crippen LogP contribution in [0.2, 0.25) is 5.02 Å². The molecule has 0 saturated heterocycles. The Morgan fingerprint density at radius 2 is 1.71 bits per heavy atom. The molecule has 2 aromatic carbocycles. The van der Waals surface area contributed by atoms with Crippen LogP contribution in [0.1, 0.15) is 5.56 Å². The molecule has 0 aromatic heterocycles. The molecule has 0 fully saturated rings. The lowest BCUT2D eigenvalue weighted by atomic mass is 10.2. The fourth-order valence-electron chi connectivity index (χ4n) is 1.99. The third-order valence-corrected chi connectivity index (χ3v) is 3.71. The van der Waals surface area contributed by atoms with E-state index in [1.165, 1.54) is 0 Å². The Morgan fingerprint density at radius 1 is 1.08 bits per heavy atom. The summed E-state index contributed by atoms with van der Waals surface area (Å²) in [7, 11) is 3.35. The predicted molar refractivity (Wildman–Crippen MR) is 94.8 cm³/mol. The van der Waals surface area contributed by atoms with Gasteiger partial charge in [-0.25, -0.2) is 4.79 Å². The Kier molecular flexibility index (Phi) is 6.75. The van der Waals surface area contributed by atoms with Crippen LogP contribution in [0, 0.1) is 0 Å². The molecule has 2 rings (SSSR count). The zero-order valence-electron chi connectivity index (χ0n) is 13.8. The van der Waals surface area contributed by atoms with Crippen molar-refractivity contribution in [2.75, 3.05) is 27.3 Å². The fraction of sp³-hybridized carbons (Fsp3) is 0.278. The van der Waals surface area contributed by atoms with Gasteiger partial charge >= 0.3 is 6.03 Å². The van der Waals surface area contributed by atoms with Crippen molar-refractivity contribution in [2.45, 2.75) is 6.54 Å². The summed E-state index contributed by atoms with van der Waals surface area (Å²) >= 11 is 5.82. The van der Waals surface area contributed by atoms with Crippen LogP contribution in [0.4, 0.5) is 4.79 Å². The molecule has 0 atom stereocenters. The van der Waals surface area contributed by atoms with Crippen molar-refractivity contribution in [3.05, 3.63) is 59.1 Å². The first-order valence-corrected chi connectivity index (χ1v) is 7.96. The second-order valence-electron chi connectivity index (χ2n) is 5.23. The van der Waals surface area contributed by atoms with Gasteiger partial charge < -0.3 is 19.7 Å². The van der Waals surface area contributed by atoms with Crippen LogP contribution in [0.5, 0.6) is 11.5 Å². The first kappa shape index (κ1) is 17.9. The Morgan fingerprint density at radius 3 is 2.33 bits per heavy atom. The normalized spacial score (nSPS) is 10.1. The molecule has 0 spiro atoms. The van der Waals surface area contributed by atoms with Crippen LogP contribution >= 0.6 is 11.6 Å². The first-order valence-electron chi connectivity index (χ1n) is 7.59. The van der Waals surface area contributed by atoms with Crippen molar-refractivity contribution in [1.29, 1.82) is 0 Å². The number of hydrogen-bond acceptors (Lipinski definition) is 3. The number of carbonyl (C=O) groups excluding carboxylic acids is 1. The van der Waals surface area contributed by atoms with Gasteiger partial charge in [-0.1, -0.05) is 23.7 Å². The van der Waals surface area contributed by atoms with Crippen molar-refractivity contribution in [1.82, 2.24) is 10.2 Å². The number of ether oxygens (including phenoxy) is 2. The lowest BCUT2D eigenvalue weighted by Crippen LogP contribution is -2.39. The quantitative estimate of drug-likeness (QED) is 0.832. The van der Waals surface area contributed by atoms with Crippen molar-refractivity contribution in [2.24, 2.45) is 0 Å². The van der Waals surface area contributed by atoms with Crippen molar-refractivity contribution in [3.63, 3.8) is 0 Å². The number of nitrogens with zero attached hydrogens (tertiary/aromatic N) is 1. The van der Waals surface area contributed by atoms with Crippen LogP contribution in [-0.2, 0) is 6.54 Å². The van der Waals surface area contributed by atoms with E-state index >= 15 is 0 Å². The molecule has 0 aliphatic heterocycles. The molecule has 0 aliphatic carbocycles. The number of halogens is 1. The Balaban J connectivity index is 1.70. The van der Waals surface area contributed by atoms with Gasteiger partial charge in [0.2, 0.25) is 0 Å². The summed E-state index contributed by atoms with van der Waals surface area (Å²) in [5.74, 6) is 1.52. The maximum Gasteiger partial charge on any atom is 0.317 e. The minimum absolute atomic E-state index is 0.148. The molecule has 0 unspecified atom stereocenters. The van der Waals surface area contributed by atoms with Gasteiger partial charge in [0.15, 0.2) is 0 Å². The SMILES string of the molecule is COc1ccc(CNC(=O)N(C)CCOc2ccc(Cl)cc2)cc1. The average Bonchev–Trinajstić information content (AvgIpc) is 2.61. The van der Waals surface area contributed by atoms with E-state index in [9.17, 15) is 4.79 Å². The molecule has 128 valence electrons. The molecule has 1 N–H and O–H groups in total. The second kappa shape index (κ2) is 9.03. The van der Waals surface area contributed by atoms with E-state index in [2.05, 4.69) is 5.32 Å². The van der Waals surface area contributed by atoms with Gasteiger partial charge in [-0.05, 0) is 42.0 Å². The molecule has 0 heterocycles. The summed E-state index contributed by atoms with van der Waals surface area (Å²) in [6, 6.07) is 14.6. The number of carbonyl (C=O) groups is 1. The molecular weight excluding hydrogens is 328 g/mol. The smallest absolute Gasteiger partial charge is 0.317 e. The number of likely N-dealkylation sites (N-methyl/N-ethyl adjacent to an activating group) is 1. The molecule has 6 heteroatoms. The Bertz CT molecular complexity index is 644. The average molecular weight is 349 g/mol. The number of hydrogen-bond donors (Lipinski definition) is 1. The molecule has 2 amide bonds. The summed E-state index contributed by atoms with van der Waals surface area (Å²) in [4.78, 5) is 13.6. The maximum atomic E-state index is 12.0. The molecule has 5 nitrogen and oxygen atoms in total. The molecule has 0 bridgehead atoms. The fourth-order valence-corrected chi connectivity index (χ4v) is 2.11. The van der Waals surface area contributed by atoms with Crippen molar-refractivity contribution >= 4 is 17.6 Å². The molecule has 0 aliphatic rings. The van der Waals surface area contributed by atoms with Crippen LogP contribution in [0.3, 0.4) is 0 Å². The standard InChI is InChI=1S/C18H21ClN2O3/c1-21(11-12-24-17-9-5-15(19)6-10-17)18(22)20-13-14-3-7-16(23-2)8-4-14/h3-10H,11-13H2,1-2H3,(H,20,22). The van der Waals surface area contributed by atoms with E-state index in [-0.39, 0.29) is 6.03 Å². The third kappa shape index (κ3) is 5.66. The third-order valence-electron chi connectivity index (χ3n) is 3.46. The van der Waals surface area contributed by atoms with Gasteiger partial charge in [0.1, 0.15) is 18.1 Å². The van der Waals surface area contributed by atoms with Gasteiger partial charge in [-0.2, -0.15) is 0 Å². The highest BCUT2D eigenvalue weighted by Gasteiger charge is 2.08. The minimum atomic E-state index is -0.148. The lowest BCUT2D eigenvalue weighted by molar-refractivity contribution is 0.195. The molecule has 0 radical (unpaired) electrons. The van der Waals surface area contributed by atoms with Crippen LogP contribution in [0.25, 0.3) is 0 Å². The van der Waals surface area contributed by atoms with Crippen molar-refractivity contribution < 1.29 is 14.3 Å². The number of nitrogens with one attached hydrogen (secondary N) is 1. The van der Waals surface area contributed by atoms with Crippen LogP contribution < -0.4 is 14.8 Å². The van der Waals surface area contributed by atoms with E-state index in [1.54, 1.807) is 43.3 Å². The van der Waals surface area contributed by atoms with E-state index in [0.717, 1.165) is 17.1 Å². The van der Waals surface area contributed by atoms with Gasteiger partial charge in [-0.3, -0.25) is 0 Å². The summed E-state index contributed by atoms with van der Waals surface area (Å²) in [5, 5.41) is 3.53. The number of methoxy groups -OCH3 is 1. The Labute approximate surface area is 147 Å². The van der Waals surface area contributed by atoms with E-state index in [1.807, 2.05) is 24.3 Å². The van der Waals surface area contributed by atoms with Crippen LogP contribution in [0.15, 0.2) is 48.5 Å². The lowest BCUT2D eigenvalue weighted by Gasteiger charge is -2.18. The van der Waals surface area contributed by atoms with E-state index in [0.29, 0.717) is 24.7 Å². The predicted octanol–water partition coefficient (Wildman–Crippen LogP) is 3.57. The highest BCUT2D eigenvalue weighted by atomic mass is 35.5. The summed E-state index contributed by atoms with van der Waals surface area (Å²) in [6.07, 6.45) is 0.